The maximum atomic E-state index is 6.31. The number of rotatable bonds is 14. The van der Waals surface area contributed by atoms with E-state index in [0.717, 1.165) is 19.6 Å². The third kappa shape index (κ3) is 7.50. The Labute approximate surface area is 194 Å². The highest BCUT2D eigenvalue weighted by atomic mass is 127. The molecule has 0 aromatic rings. The van der Waals surface area contributed by atoms with E-state index in [9.17, 15) is 0 Å². The van der Waals surface area contributed by atoms with E-state index >= 15 is 0 Å². The molecule has 30 heavy (non-hydrogen) atoms. The van der Waals surface area contributed by atoms with Crippen LogP contribution in [-0.4, -0.2) is 82.1 Å². The van der Waals surface area contributed by atoms with Gasteiger partial charge in [0.1, 0.15) is 16.3 Å². The van der Waals surface area contributed by atoms with Gasteiger partial charge in [0.05, 0.1) is 59.5 Å². The van der Waals surface area contributed by atoms with Crippen LogP contribution in [0.15, 0.2) is 0 Å². The molecule has 0 aromatic carbocycles. The van der Waals surface area contributed by atoms with Crippen molar-refractivity contribution in [1.29, 1.82) is 0 Å². The summed E-state index contributed by atoms with van der Waals surface area (Å²) in [5.74, 6) is 0. The zero-order chi connectivity index (χ0) is 21.8. The van der Waals surface area contributed by atoms with Crippen LogP contribution in [0.1, 0.15) is 41.0 Å². The van der Waals surface area contributed by atoms with Crippen molar-refractivity contribution in [3.8, 4) is 0 Å². The SMILES string of the molecule is CCC1(COC(I)C(C)(C)COCC2CO2)COC(C(C)(C)COCC2CO2)OC1. The van der Waals surface area contributed by atoms with Crippen molar-refractivity contribution in [2.75, 3.05) is 59.5 Å². The average Bonchev–Trinajstić information content (AvgIpc) is 3.62. The number of alkyl halides is 1. The van der Waals surface area contributed by atoms with Gasteiger partial charge in [0.2, 0.25) is 0 Å². The third-order valence-corrected chi connectivity index (χ3v) is 8.03. The smallest absolute Gasteiger partial charge is 0.164 e. The summed E-state index contributed by atoms with van der Waals surface area (Å²) in [6, 6.07) is 0. The maximum Gasteiger partial charge on any atom is 0.164 e. The Morgan fingerprint density at radius 1 is 0.933 bits per heavy atom. The Bertz CT molecular complexity index is 526. The summed E-state index contributed by atoms with van der Waals surface area (Å²) >= 11 is 2.38. The summed E-state index contributed by atoms with van der Waals surface area (Å²) in [7, 11) is 0. The van der Waals surface area contributed by atoms with Crippen LogP contribution in [0.4, 0.5) is 0 Å². The summed E-state index contributed by atoms with van der Waals surface area (Å²) in [6.45, 7) is 16.8. The fourth-order valence-corrected chi connectivity index (χ4v) is 3.64. The van der Waals surface area contributed by atoms with Crippen molar-refractivity contribution in [3.05, 3.63) is 0 Å². The number of halogens is 1. The number of hydrogen-bond donors (Lipinski definition) is 0. The second kappa shape index (κ2) is 10.6. The molecule has 8 heteroatoms. The molecule has 3 fully saturated rings. The second-order valence-corrected chi connectivity index (χ2v) is 11.5. The molecular formula is C22H39IO7. The average molecular weight is 542 g/mol. The predicted octanol–water partition coefficient (Wildman–Crippen LogP) is 3.42. The molecule has 0 spiro atoms. The summed E-state index contributed by atoms with van der Waals surface area (Å²) in [5, 5.41) is 0. The maximum absolute atomic E-state index is 6.31. The lowest BCUT2D eigenvalue weighted by Gasteiger charge is -2.44. The van der Waals surface area contributed by atoms with Crippen molar-refractivity contribution in [2.24, 2.45) is 16.2 Å². The van der Waals surface area contributed by atoms with Gasteiger partial charge in [-0.2, -0.15) is 0 Å². The lowest BCUT2D eigenvalue weighted by Crippen LogP contribution is -2.50. The van der Waals surface area contributed by atoms with Gasteiger partial charge in [-0.15, -0.1) is 0 Å². The van der Waals surface area contributed by atoms with E-state index in [1.807, 2.05) is 0 Å². The van der Waals surface area contributed by atoms with Crippen LogP contribution in [0.3, 0.4) is 0 Å². The van der Waals surface area contributed by atoms with E-state index in [2.05, 4.69) is 57.2 Å². The van der Waals surface area contributed by atoms with Gasteiger partial charge < -0.3 is 33.2 Å². The molecule has 0 radical (unpaired) electrons. The summed E-state index contributed by atoms with van der Waals surface area (Å²) in [6.07, 6.45) is 1.23. The van der Waals surface area contributed by atoms with Crippen molar-refractivity contribution >= 4 is 22.6 Å². The van der Waals surface area contributed by atoms with Crippen LogP contribution in [0.25, 0.3) is 0 Å². The first-order valence-corrected chi connectivity index (χ1v) is 12.3. The van der Waals surface area contributed by atoms with Gasteiger partial charge in [-0.25, -0.2) is 0 Å². The minimum atomic E-state index is -0.276. The fourth-order valence-electron chi connectivity index (χ4n) is 3.28. The quantitative estimate of drug-likeness (QED) is 0.189. The van der Waals surface area contributed by atoms with Crippen LogP contribution < -0.4 is 0 Å². The second-order valence-electron chi connectivity index (χ2n) is 10.4. The molecule has 0 amide bonds. The van der Waals surface area contributed by atoms with Crippen LogP contribution in [0.5, 0.6) is 0 Å². The molecular weight excluding hydrogens is 503 g/mol. The van der Waals surface area contributed by atoms with Gasteiger partial charge in [-0.05, 0) is 6.42 Å². The number of epoxide rings is 2. The van der Waals surface area contributed by atoms with Crippen molar-refractivity contribution < 1.29 is 33.2 Å². The highest BCUT2D eigenvalue weighted by Crippen LogP contribution is 2.37. The Hall–Kier alpha value is 0.450. The molecule has 3 heterocycles. The highest BCUT2D eigenvalue weighted by Gasteiger charge is 2.43. The van der Waals surface area contributed by atoms with Gasteiger partial charge in [0, 0.05) is 16.2 Å². The van der Waals surface area contributed by atoms with Gasteiger partial charge in [0.15, 0.2) is 6.29 Å². The topological polar surface area (TPSA) is 71.2 Å². The lowest BCUT2D eigenvalue weighted by molar-refractivity contribution is -0.284. The van der Waals surface area contributed by atoms with E-state index < -0.39 is 0 Å². The fraction of sp³-hybridized carbons (Fsp3) is 1.00. The standard InChI is InChI=1S/C22H39IO7/c1-6-22(13-28-18(23)20(2,3)11-24-7-16-9-26-16)14-29-19(30-15-22)21(4,5)12-25-8-17-10-27-17/h16-19H,6-15H2,1-5H3. The molecule has 0 N–H and O–H groups in total. The molecule has 0 bridgehead atoms. The van der Waals surface area contributed by atoms with Crippen LogP contribution in [0, 0.1) is 16.2 Å². The number of ether oxygens (including phenoxy) is 7. The van der Waals surface area contributed by atoms with Crippen molar-refractivity contribution in [1.82, 2.24) is 0 Å². The molecule has 3 aliphatic rings. The molecule has 176 valence electrons. The van der Waals surface area contributed by atoms with Crippen LogP contribution >= 0.6 is 22.6 Å². The first kappa shape index (κ1) is 25.1. The molecule has 3 saturated heterocycles. The van der Waals surface area contributed by atoms with Crippen molar-refractivity contribution in [2.45, 2.75) is 63.6 Å². The van der Waals surface area contributed by atoms with Gasteiger partial charge >= 0.3 is 0 Å². The minimum Gasteiger partial charge on any atom is -0.378 e. The van der Waals surface area contributed by atoms with E-state index in [4.69, 9.17) is 33.2 Å². The molecule has 3 atom stereocenters. The summed E-state index contributed by atoms with van der Waals surface area (Å²) in [4.78, 5) is 0. The van der Waals surface area contributed by atoms with Crippen LogP contribution in [-0.2, 0) is 33.2 Å². The Kier molecular flexibility index (Phi) is 8.85. The monoisotopic (exact) mass is 542 g/mol. The lowest BCUT2D eigenvalue weighted by atomic mass is 9.85. The zero-order valence-electron chi connectivity index (χ0n) is 19.1. The summed E-state index contributed by atoms with van der Waals surface area (Å²) < 4.78 is 40.7. The minimum absolute atomic E-state index is 0.0332. The normalized spacial score (nSPS) is 32.8. The molecule has 3 aliphatic heterocycles. The van der Waals surface area contributed by atoms with Crippen LogP contribution in [0.2, 0.25) is 0 Å². The van der Waals surface area contributed by atoms with Crippen molar-refractivity contribution in [3.63, 3.8) is 0 Å². The molecule has 0 aromatic heterocycles. The van der Waals surface area contributed by atoms with E-state index in [1.165, 1.54) is 0 Å². The molecule has 3 rings (SSSR count). The van der Waals surface area contributed by atoms with E-state index in [-0.39, 0.29) is 32.7 Å². The number of hydrogen-bond acceptors (Lipinski definition) is 7. The zero-order valence-corrected chi connectivity index (χ0v) is 21.3. The van der Waals surface area contributed by atoms with Gasteiger partial charge in [-0.1, -0.05) is 57.2 Å². The van der Waals surface area contributed by atoms with Gasteiger partial charge in [-0.3, -0.25) is 0 Å². The predicted molar refractivity (Wildman–Crippen MR) is 121 cm³/mol. The first-order valence-electron chi connectivity index (χ1n) is 11.0. The molecule has 0 saturated carbocycles. The largest absolute Gasteiger partial charge is 0.378 e. The highest BCUT2D eigenvalue weighted by molar-refractivity contribution is 14.1. The van der Waals surface area contributed by atoms with Gasteiger partial charge in [0.25, 0.3) is 0 Å². The Morgan fingerprint density at radius 3 is 1.97 bits per heavy atom. The Balaban J connectivity index is 1.40. The van der Waals surface area contributed by atoms with E-state index in [0.29, 0.717) is 52.4 Å². The van der Waals surface area contributed by atoms with E-state index in [1.54, 1.807) is 0 Å². The molecule has 0 aliphatic carbocycles. The summed E-state index contributed by atoms with van der Waals surface area (Å²) in [5.41, 5.74) is -0.433. The first-order chi connectivity index (χ1) is 14.2. The molecule has 7 nitrogen and oxygen atoms in total. The Morgan fingerprint density at radius 2 is 1.47 bits per heavy atom. The molecule has 3 unspecified atom stereocenters. The third-order valence-electron chi connectivity index (χ3n) is 5.98.